The SMILES string of the molecule is O=C1c2ccccc2C(=O)N1CCC(=O)N1C2CCC1CC(S(=O)(=O)c1ccccc1)C2. The van der Waals surface area contributed by atoms with Gasteiger partial charge in [-0.25, -0.2) is 8.42 Å². The highest BCUT2D eigenvalue weighted by Crippen LogP contribution is 2.40. The second kappa shape index (κ2) is 7.85. The summed E-state index contributed by atoms with van der Waals surface area (Å²) in [6, 6.07) is 14.9. The van der Waals surface area contributed by atoms with Crippen molar-refractivity contribution >= 4 is 27.6 Å². The molecule has 0 radical (unpaired) electrons. The Morgan fingerprint density at radius 3 is 1.94 bits per heavy atom. The second-order valence-corrected chi connectivity index (χ2v) is 10.9. The van der Waals surface area contributed by atoms with Crippen molar-refractivity contribution in [2.75, 3.05) is 6.54 Å². The third-order valence-electron chi connectivity index (χ3n) is 6.92. The molecule has 0 N–H and O–H groups in total. The molecule has 166 valence electrons. The minimum Gasteiger partial charge on any atom is -0.337 e. The van der Waals surface area contributed by atoms with E-state index in [-0.39, 0.29) is 42.8 Å². The van der Waals surface area contributed by atoms with E-state index in [4.69, 9.17) is 0 Å². The molecule has 2 fully saturated rings. The first-order valence-electron chi connectivity index (χ1n) is 10.9. The Morgan fingerprint density at radius 1 is 0.844 bits per heavy atom. The van der Waals surface area contributed by atoms with E-state index in [1.807, 2.05) is 4.90 Å². The molecule has 2 atom stereocenters. The van der Waals surface area contributed by atoms with Crippen molar-refractivity contribution in [3.63, 3.8) is 0 Å². The lowest BCUT2D eigenvalue weighted by molar-refractivity contribution is -0.135. The Kier molecular flexibility index (Phi) is 5.12. The molecule has 5 rings (SSSR count). The number of carbonyl (C=O) groups excluding carboxylic acids is 3. The molecule has 0 spiro atoms. The number of fused-ring (bicyclic) bond motifs is 3. The predicted molar refractivity (Wildman–Crippen MR) is 117 cm³/mol. The lowest BCUT2D eigenvalue weighted by Crippen LogP contribution is -2.50. The van der Waals surface area contributed by atoms with Crippen LogP contribution in [0, 0.1) is 0 Å². The highest BCUT2D eigenvalue weighted by atomic mass is 32.2. The van der Waals surface area contributed by atoms with E-state index in [9.17, 15) is 22.8 Å². The highest BCUT2D eigenvalue weighted by molar-refractivity contribution is 7.92. The van der Waals surface area contributed by atoms with Crippen LogP contribution < -0.4 is 0 Å². The van der Waals surface area contributed by atoms with E-state index in [2.05, 4.69) is 0 Å². The second-order valence-electron chi connectivity index (χ2n) is 8.70. The summed E-state index contributed by atoms with van der Waals surface area (Å²) in [6.07, 6.45) is 2.46. The van der Waals surface area contributed by atoms with Crippen LogP contribution in [0.5, 0.6) is 0 Å². The number of piperidine rings is 1. The lowest BCUT2D eigenvalue weighted by atomic mass is 10.0. The lowest BCUT2D eigenvalue weighted by Gasteiger charge is -2.39. The Balaban J connectivity index is 1.25. The number of carbonyl (C=O) groups is 3. The average Bonchev–Trinajstić information content (AvgIpc) is 3.21. The number of hydrogen-bond donors (Lipinski definition) is 0. The van der Waals surface area contributed by atoms with Gasteiger partial charge < -0.3 is 4.90 Å². The molecule has 3 heterocycles. The van der Waals surface area contributed by atoms with E-state index in [0.717, 1.165) is 17.7 Å². The van der Waals surface area contributed by atoms with Gasteiger partial charge in [0.2, 0.25) is 5.91 Å². The molecule has 8 heteroatoms. The molecular formula is C24H24N2O5S. The van der Waals surface area contributed by atoms with E-state index >= 15 is 0 Å². The average molecular weight is 453 g/mol. The summed E-state index contributed by atoms with van der Waals surface area (Å²) in [5, 5.41) is -0.498. The first-order chi connectivity index (χ1) is 15.4. The van der Waals surface area contributed by atoms with Gasteiger partial charge in [0, 0.05) is 25.0 Å². The third-order valence-corrected chi connectivity index (χ3v) is 9.11. The van der Waals surface area contributed by atoms with Crippen LogP contribution in [-0.4, -0.2) is 59.8 Å². The fraction of sp³-hybridized carbons (Fsp3) is 0.375. The first kappa shape index (κ1) is 20.9. The van der Waals surface area contributed by atoms with E-state index in [1.54, 1.807) is 54.6 Å². The summed E-state index contributed by atoms with van der Waals surface area (Å²) in [6.45, 7) is 0.0346. The number of nitrogens with zero attached hydrogens (tertiary/aromatic N) is 2. The monoisotopic (exact) mass is 452 g/mol. The smallest absolute Gasteiger partial charge is 0.261 e. The van der Waals surface area contributed by atoms with Gasteiger partial charge in [-0.1, -0.05) is 30.3 Å². The van der Waals surface area contributed by atoms with Crippen molar-refractivity contribution in [3.8, 4) is 0 Å². The summed E-state index contributed by atoms with van der Waals surface area (Å²) in [4.78, 5) is 41.4. The summed E-state index contributed by atoms with van der Waals surface area (Å²) >= 11 is 0. The Bertz CT molecular complexity index is 1140. The van der Waals surface area contributed by atoms with Crippen LogP contribution in [0.25, 0.3) is 0 Å². The van der Waals surface area contributed by atoms with Crippen molar-refractivity contribution in [2.45, 2.75) is 54.3 Å². The van der Waals surface area contributed by atoms with Gasteiger partial charge >= 0.3 is 0 Å². The Labute approximate surface area is 186 Å². The van der Waals surface area contributed by atoms with E-state index in [0.29, 0.717) is 28.9 Å². The predicted octanol–water partition coefficient (Wildman–Crippen LogP) is 2.67. The van der Waals surface area contributed by atoms with Crippen LogP contribution in [0.4, 0.5) is 0 Å². The van der Waals surface area contributed by atoms with E-state index in [1.165, 1.54) is 0 Å². The van der Waals surface area contributed by atoms with Gasteiger partial charge in [0.15, 0.2) is 9.84 Å². The quantitative estimate of drug-likeness (QED) is 0.651. The van der Waals surface area contributed by atoms with Crippen molar-refractivity contribution in [1.82, 2.24) is 9.80 Å². The zero-order valence-corrected chi connectivity index (χ0v) is 18.3. The maximum atomic E-state index is 13.1. The van der Waals surface area contributed by atoms with Gasteiger partial charge in [-0.05, 0) is 49.9 Å². The molecule has 0 aliphatic carbocycles. The van der Waals surface area contributed by atoms with Gasteiger partial charge in [0.05, 0.1) is 21.3 Å². The summed E-state index contributed by atoms with van der Waals surface area (Å²) in [5.74, 6) is -0.854. The van der Waals surface area contributed by atoms with Crippen LogP contribution in [0.1, 0.15) is 52.8 Å². The van der Waals surface area contributed by atoms with Crippen LogP contribution >= 0.6 is 0 Å². The zero-order valence-electron chi connectivity index (χ0n) is 17.5. The van der Waals surface area contributed by atoms with Crippen molar-refractivity contribution in [1.29, 1.82) is 0 Å². The number of sulfone groups is 1. The summed E-state index contributed by atoms with van der Waals surface area (Å²) in [7, 11) is -3.44. The van der Waals surface area contributed by atoms with Gasteiger partial charge in [-0.15, -0.1) is 0 Å². The van der Waals surface area contributed by atoms with Crippen molar-refractivity contribution in [2.24, 2.45) is 0 Å². The maximum absolute atomic E-state index is 13.1. The van der Waals surface area contributed by atoms with Crippen LogP contribution in [0.3, 0.4) is 0 Å². The Hall–Kier alpha value is -3.00. The van der Waals surface area contributed by atoms with Crippen LogP contribution in [-0.2, 0) is 14.6 Å². The van der Waals surface area contributed by atoms with Gasteiger partial charge in [-0.3, -0.25) is 19.3 Å². The molecule has 2 unspecified atom stereocenters. The molecular weight excluding hydrogens is 428 g/mol. The molecule has 2 saturated heterocycles. The molecule has 3 aliphatic heterocycles. The largest absolute Gasteiger partial charge is 0.337 e. The first-order valence-corrected chi connectivity index (χ1v) is 12.5. The zero-order chi connectivity index (χ0) is 22.5. The number of rotatable bonds is 5. The molecule has 0 saturated carbocycles. The van der Waals surface area contributed by atoms with Crippen molar-refractivity contribution < 1.29 is 22.8 Å². The minimum atomic E-state index is -3.44. The van der Waals surface area contributed by atoms with Crippen LogP contribution in [0.2, 0.25) is 0 Å². The molecule has 2 aromatic carbocycles. The topological polar surface area (TPSA) is 91.8 Å². The number of benzene rings is 2. The maximum Gasteiger partial charge on any atom is 0.261 e. The van der Waals surface area contributed by atoms with Gasteiger partial charge in [0.25, 0.3) is 11.8 Å². The molecule has 0 aromatic heterocycles. The third kappa shape index (κ3) is 3.33. The van der Waals surface area contributed by atoms with Crippen molar-refractivity contribution in [3.05, 3.63) is 65.7 Å². The molecule has 2 bridgehead atoms. The fourth-order valence-corrected chi connectivity index (χ4v) is 7.24. The normalized spacial score (nSPS) is 24.7. The van der Waals surface area contributed by atoms with Gasteiger partial charge in [-0.2, -0.15) is 0 Å². The van der Waals surface area contributed by atoms with Crippen LogP contribution in [0.15, 0.2) is 59.5 Å². The Morgan fingerprint density at radius 2 is 1.38 bits per heavy atom. The molecule has 32 heavy (non-hydrogen) atoms. The molecule has 3 amide bonds. The fourth-order valence-electron chi connectivity index (χ4n) is 5.37. The number of imide groups is 1. The summed E-state index contributed by atoms with van der Waals surface area (Å²) in [5.41, 5.74) is 0.744. The number of amides is 3. The molecule has 2 aromatic rings. The van der Waals surface area contributed by atoms with Gasteiger partial charge in [0.1, 0.15) is 0 Å². The molecule has 3 aliphatic rings. The van der Waals surface area contributed by atoms with E-state index < -0.39 is 15.1 Å². The minimum absolute atomic E-state index is 0.0346. The standard InChI is InChI=1S/C24H24N2O5S/c27-22(12-13-25-23(28)20-8-4-5-9-21(20)24(25)29)26-16-10-11-17(26)15-19(14-16)32(30,31)18-6-2-1-3-7-18/h1-9,16-17,19H,10-15H2. The number of hydrogen-bond acceptors (Lipinski definition) is 5. The summed E-state index contributed by atoms with van der Waals surface area (Å²) < 4.78 is 26.2. The molecule has 7 nitrogen and oxygen atoms in total. The highest BCUT2D eigenvalue weighted by Gasteiger charge is 2.47.